The molecule has 0 N–H and O–H groups in total. The summed E-state index contributed by atoms with van der Waals surface area (Å²) in [5.74, 6) is 0. The van der Waals surface area contributed by atoms with Crippen LogP contribution in [0.1, 0.15) is 0 Å². The normalized spacial score (nSPS) is 8.70. The van der Waals surface area contributed by atoms with Gasteiger partial charge in [0.15, 0.2) is 6.20 Å². The Hall–Kier alpha value is 0.460. The molecule has 0 fully saturated rings. The fourth-order valence-electron chi connectivity index (χ4n) is 0.518. The summed E-state index contributed by atoms with van der Waals surface area (Å²) in [6.45, 7) is 0. The monoisotopic (exact) mass is 289 g/mol. The lowest BCUT2D eigenvalue weighted by Crippen LogP contribution is -3.00. The Morgan fingerprint density at radius 3 is 2.40 bits per heavy atom. The van der Waals surface area contributed by atoms with Gasteiger partial charge in [-0.2, -0.15) is 4.57 Å². The van der Waals surface area contributed by atoms with E-state index in [2.05, 4.69) is 0 Å². The van der Waals surface area contributed by atoms with Crippen molar-refractivity contribution in [2.45, 2.75) is 0 Å². The van der Waals surface area contributed by atoms with Gasteiger partial charge in [-0.05, 0) is 11.6 Å². The van der Waals surface area contributed by atoms with Crippen LogP contribution in [0.15, 0.2) is 18.3 Å². The zero-order valence-corrected chi connectivity index (χ0v) is 8.98. The molecule has 0 aliphatic rings. The third-order valence-electron chi connectivity index (χ3n) is 1.05. The van der Waals surface area contributed by atoms with E-state index >= 15 is 0 Å². The summed E-state index contributed by atoms with van der Waals surface area (Å²) in [5.41, 5.74) is 0. The molecule has 0 saturated heterocycles. The van der Waals surface area contributed by atoms with E-state index in [1.54, 1.807) is 16.7 Å². The van der Waals surface area contributed by atoms with Crippen LogP contribution in [-0.2, 0) is 7.05 Å². The first-order chi connectivity index (χ1) is 4.20. The van der Waals surface area contributed by atoms with Crippen LogP contribution < -0.4 is 28.5 Å². The van der Waals surface area contributed by atoms with Gasteiger partial charge in [0.25, 0.3) is 5.15 Å². The third-order valence-corrected chi connectivity index (χ3v) is 1.66. The lowest BCUT2D eigenvalue weighted by Gasteiger charge is -1.88. The number of aromatic nitrogens is 1. The molecule has 1 aromatic rings. The Morgan fingerprint density at radius 2 is 2.00 bits per heavy atom. The molecule has 0 aliphatic carbocycles. The van der Waals surface area contributed by atoms with Crippen molar-refractivity contribution in [2.75, 3.05) is 0 Å². The molecule has 0 aliphatic heterocycles. The van der Waals surface area contributed by atoms with Crippen molar-refractivity contribution in [1.29, 1.82) is 0 Å². The van der Waals surface area contributed by atoms with Gasteiger partial charge < -0.3 is 24.0 Å². The highest BCUT2D eigenvalue weighted by Crippen LogP contribution is 2.09. The van der Waals surface area contributed by atoms with Crippen molar-refractivity contribution in [3.05, 3.63) is 28.5 Å². The first-order valence-electron chi connectivity index (χ1n) is 2.51. The second-order valence-corrected chi connectivity index (χ2v) is 2.60. The molecule has 0 unspecified atom stereocenters. The van der Waals surface area contributed by atoms with E-state index in [4.69, 9.17) is 23.2 Å². The molecule has 0 amide bonds. The molecule has 1 heterocycles. The van der Waals surface area contributed by atoms with E-state index in [0.29, 0.717) is 10.2 Å². The van der Waals surface area contributed by atoms with Crippen LogP contribution >= 0.6 is 23.2 Å². The minimum absolute atomic E-state index is 0. The van der Waals surface area contributed by atoms with E-state index in [9.17, 15) is 0 Å². The van der Waals surface area contributed by atoms with Crippen molar-refractivity contribution in [2.24, 2.45) is 7.05 Å². The Labute approximate surface area is 87.0 Å². The predicted octanol–water partition coefficient (Wildman–Crippen LogP) is -1.18. The number of aryl methyl sites for hydroxylation is 1. The SMILES string of the molecule is C[n+]1ccc(Cl)cc1Cl.[I-]. The van der Waals surface area contributed by atoms with Gasteiger partial charge in [-0.15, -0.1) is 0 Å². The Balaban J connectivity index is 0.000000810. The number of pyridine rings is 1. The fourth-order valence-corrected chi connectivity index (χ4v) is 0.907. The molecule has 1 rings (SSSR count). The highest BCUT2D eigenvalue weighted by Gasteiger charge is 2.00. The Kier molecular flexibility index (Phi) is 4.56. The predicted molar refractivity (Wildman–Crippen MR) is 37.6 cm³/mol. The van der Waals surface area contributed by atoms with Crippen molar-refractivity contribution < 1.29 is 28.5 Å². The van der Waals surface area contributed by atoms with Crippen LogP contribution in [0, 0.1) is 0 Å². The van der Waals surface area contributed by atoms with Crippen LogP contribution in [0.5, 0.6) is 0 Å². The molecule has 1 aromatic heterocycles. The van der Waals surface area contributed by atoms with Crippen LogP contribution in [-0.4, -0.2) is 0 Å². The van der Waals surface area contributed by atoms with Gasteiger partial charge in [0, 0.05) is 12.1 Å². The zero-order chi connectivity index (χ0) is 6.85. The fraction of sp³-hybridized carbons (Fsp3) is 0.167. The molecular formula is C6H6Cl2IN. The third kappa shape index (κ3) is 2.60. The van der Waals surface area contributed by atoms with Crippen molar-refractivity contribution in [3.8, 4) is 0 Å². The standard InChI is InChI=1S/C6H6Cl2N.HI/c1-9-3-2-5(7)4-6(9)8;/h2-4H,1H3;1H/q+1;/p-1. The van der Waals surface area contributed by atoms with E-state index in [-0.39, 0.29) is 24.0 Å². The molecule has 0 radical (unpaired) electrons. The minimum Gasteiger partial charge on any atom is -1.00 e. The second-order valence-electron chi connectivity index (χ2n) is 1.78. The maximum Gasteiger partial charge on any atom is 0.276 e. The maximum absolute atomic E-state index is 5.69. The molecule has 10 heavy (non-hydrogen) atoms. The summed E-state index contributed by atoms with van der Waals surface area (Å²) in [4.78, 5) is 0. The molecule has 4 heteroatoms. The molecule has 0 atom stereocenters. The summed E-state index contributed by atoms with van der Waals surface area (Å²) >= 11 is 11.3. The smallest absolute Gasteiger partial charge is 0.276 e. The number of nitrogens with zero attached hydrogens (tertiary/aromatic N) is 1. The molecule has 0 spiro atoms. The number of hydrogen-bond donors (Lipinski definition) is 0. The van der Waals surface area contributed by atoms with Gasteiger partial charge in [0.1, 0.15) is 7.05 Å². The minimum atomic E-state index is 0. The van der Waals surface area contributed by atoms with Crippen LogP contribution in [0.25, 0.3) is 0 Å². The molecule has 0 bridgehead atoms. The number of halogens is 3. The van der Waals surface area contributed by atoms with E-state index in [1.165, 1.54) is 0 Å². The Morgan fingerprint density at radius 1 is 1.40 bits per heavy atom. The molecule has 56 valence electrons. The largest absolute Gasteiger partial charge is 1.00 e. The lowest BCUT2D eigenvalue weighted by atomic mass is 10.5. The zero-order valence-electron chi connectivity index (χ0n) is 5.31. The van der Waals surface area contributed by atoms with Crippen LogP contribution in [0.4, 0.5) is 0 Å². The topological polar surface area (TPSA) is 3.88 Å². The van der Waals surface area contributed by atoms with Crippen molar-refractivity contribution in [3.63, 3.8) is 0 Å². The highest BCUT2D eigenvalue weighted by atomic mass is 127. The summed E-state index contributed by atoms with van der Waals surface area (Å²) < 4.78 is 1.79. The number of rotatable bonds is 0. The van der Waals surface area contributed by atoms with Gasteiger partial charge >= 0.3 is 0 Å². The van der Waals surface area contributed by atoms with Crippen molar-refractivity contribution in [1.82, 2.24) is 0 Å². The maximum atomic E-state index is 5.69. The van der Waals surface area contributed by atoms with Gasteiger partial charge in [0.05, 0.1) is 5.02 Å². The Bertz CT molecular complexity index is 227. The van der Waals surface area contributed by atoms with Gasteiger partial charge in [-0.25, -0.2) is 0 Å². The molecule has 1 nitrogen and oxygen atoms in total. The summed E-state index contributed by atoms with van der Waals surface area (Å²) in [6, 6.07) is 3.48. The van der Waals surface area contributed by atoms with Crippen LogP contribution in [0.3, 0.4) is 0 Å². The highest BCUT2D eigenvalue weighted by molar-refractivity contribution is 6.33. The summed E-state index contributed by atoms with van der Waals surface area (Å²) in [7, 11) is 1.86. The van der Waals surface area contributed by atoms with E-state index < -0.39 is 0 Å². The number of hydrogen-bond acceptors (Lipinski definition) is 0. The second kappa shape index (κ2) is 4.36. The van der Waals surface area contributed by atoms with Gasteiger partial charge in [-0.3, -0.25) is 0 Å². The average Bonchev–Trinajstić information content (AvgIpc) is 1.80. The molecular weight excluding hydrogens is 284 g/mol. The van der Waals surface area contributed by atoms with E-state index in [1.807, 2.05) is 13.2 Å². The first-order valence-corrected chi connectivity index (χ1v) is 3.26. The quantitative estimate of drug-likeness (QED) is 0.322. The average molecular weight is 290 g/mol. The summed E-state index contributed by atoms with van der Waals surface area (Å²) in [6.07, 6.45) is 1.81. The van der Waals surface area contributed by atoms with Crippen molar-refractivity contribution >= 4 is 23.2 Å². The van der Waals surface area contributed by atoms with Gasteiger partial charge in [-0.1, -0.05) is 11.6 Å². The molecule has 0 saturated carbocycles. The van der Waals surface area contributed by atoms with Gasteiger partial charge in [0.2, 0.25) is 0 Å². The molecule has 0 aromatic carbocycles. The first kappa shape index (κ1) is 10.5. The summed E-state index contributed by atoms with van der Waals surface area (Å²) in [5, 5.41) is 1.31. The van der Waals surface area contributed by atoms with E-state index in [0.717, 1.165) is 0 Å². The van der Waals surface area contributed by atoms with Crippen LogP contribution in [0.2, 0.25) is 10.2 Å². The lowest BCUT2D eigenvalue weighted by molar-refractivity contribution is -0.669.